The van der Waals surface area contributed by atoms with E-state index in [1.807, 2.05) is 56.3 Å². The van der Waals surface area contributed by atoms with Crippen LogP contribution in [0.1, 0.15) is 27.0 Å². The van der Waals surface area contributed by atoms with Gasteiger partial charge in [0.1, 0.15) is 4.99 Å². The number of rotatable bonds is 3. The first-order valence-electron chi connectivity index (χ1n) is 6.65. The lowest BCUT2D eigenvalue weighted by molar-refractivity contribution is 0.0993. The van der Waals surface area contributed by atoms with Crippen LogP contribution in [0.15, 0.2) is 42.5 Å². The molecular formula is C17H18N2OS. The topological polar surface area (TPSA) is 46.3 Å². The van der Waals surface area contributed by atoms with Gasteiger partial charge in [0.15, 0.2) is 0 Å². The molecule has 0 heterocycles. The van der Waals surface area contributed by atoms with Gasteiger partial charge in [-0.15, -0.1) is 0 Å². The summed E-state index contributed by atoms with van der Waals surface area (Å²) in [5.74, 6) is -0.0406. The Hall–Kier alpha value is -2.20. The van der Waals surface area contributed by atoms with Crippen molar-refractivity contribution in [3.63, 3.8) is 0 Å². The van der Waals surface area contributed by atoms with Crippen molar-refractivity contribution in [3.8, 4) is 0 Å². The number of anilines is 1. The normalized spacial score (nSPS) is 10.2. The Morgan fingerprint density at radius 1 is 1.00 bits per heavy atom. The van der Waals surface area contributed by atoms with Gasteiger partial charge in [-0.1, -0.05) is 18.3 Å². The first kappa shape index (κ1) is 15.2. The Bertz CT molecular complexity index is 692. The molecule has 1 amide bonds. The van der Waals surface area contributed by atoms with Crippen molar-refractivity contribution >= 4 is 28.8 Å². The molecule has 3 nitrogen and oxygen atoms in total. The summed E-state index contributed by atoms with van der Waals surface area (Å²) in [4.78, 5) is 14.5. The van der Waals surface area contributed by atoms with Crippen LogP contribution in [0.4, 0.5) is 5.69 Å². The lowest BCUT2D eigenvalue weighted by atomic mass is 10.1. The molecule has 0 aliphatic rings. The van der Waals surface area contributed by atoms with E-state index in [9.17, 15) is 4.79 Å². The van der Waals surface area contributed by atoms with Crippen LogP contribution < -0.4 is 10.6 Å². The van der Waals surface area contributed by atoms with Gasteiger partial charge in [0, 0.05) is 23.9 Å². The zero-order valence-corrected chi connectivity index (χ0v) is 13.2. The van der Waals surface area contributed by atoms with Crippen LogP contribution in [0.5, 0.6) is 0 Å². The predicted octanol–water partition coefficient (Wildman–Crippen LogP) is 3.21. The molecule has 0 aromatic heterocycles. The van der Waals surface area contributed by atoms with Crippen LogP contribution in [0.3, 0.4) is 0 Å². The number of amides is 1. The van der Waals surface area contributed by atoms with Crippen molar-refractivity contribution in [3.05, 3.63) is 64.7 Å². The maximum absolute atomic E-state index is 12.5. The first-order chi connectivity index (χ1) is 9.90. The second-order valence-electron chi connectivity index (χ2n) is 5.07. The lowest BCUT2D eigenvalue weighted by Gasteiger charge is -2.18. The molecule has 108 valence electrons. The largest absolute Gasteiger partial charge is 0.389 e. The number of benzene rings is 2. The molecule has 2 N–H and O–H groups in total. The van der Waals surface area contributed by atoms with E-state index in [0.717, 1.165) is 16.8 Å². The summed E-state index contributed by atoms with van der Waals surface area (Å²) in [7, 11) is 1.76. The monoisotopic (exact) mass is 298 g/mol. The number of aryl methyl sites for hydroxylation is 2. The maximum atomic E-state index is 12.5. The Labute approximate surface area is 130 Å². The minimum atomic E-state index is -0.0406. The van der Waals surface area contributed by atoms with Gasteiger partial charge < -0.3 is 10.6 Å². The molecule has 0 saturated carbocycles. The minimum absolute atomic E-state index is 0.0406. The van der Waals surface area contributed by atoms with Crippen molar-refractivity contribution in [1.29, 1.82) is 0 Å². The van der Waals surface area contributed by atoms with Gasteiger partial charge in [0.25, 0.3) is 5.91 Å². The van der Waals surface area contributed by atoms with Gasteiger partial charge in [-0.25, -0.2) is 0 Å². The fourth-order valence-electron chi connectivity index (χ4n) is 2.03. The summed E-state index contributed by atoms with van der Waals surface area (Å²) in [6.07, 6.45) is 0. The van der Waals surface area contributed by atoms with Crippen molar-refractivity contribution in [2.75, 3.05) is 11.9 Å². The Kier molecular flexibility index (Phi) is 4.38. The Balaban J connectivity index is 2.25. The van der Waals surface area contributed by atoms with Crippen LogP contribution in [0, 0.1) is 13.8 Å². The first-order valence-corrected chi connectivity index (χ1v) is 7.06. The van der Waals surface area contributed by atoms with E-state index in [1.165, 1.54) is 5.56 Å². The molecule has 0 saturated heterocycles. The molecule has 2 rings (SSSR count). The van der Waals surface area contributed by atoms with Gasteiger partial charge in [0.05, 0.1) is 0 Å². The highest BCUT2D eigenvalue weighted by Crippen LogP contribution is 2.18. The Morgan fingerprint density at radius 2 is 1.57 bits per heavy atom. The third kappa shape index (κ3) is 3.28. The molecule has 0 unspecified atom stereocenters. The molecule has 0 bridgehead atoms. The SMILES string of the molecule is Cc1ccc(C(=O)N(C)c2ccc(C(N)=S)cc2)cc1C. The van der Waals surface area contributed by atoms with Crippen molar-refractivity contribution < 1.29 is 4.79 Å². The standard InChI is InChI=1S/C17H18N2OS/c1-11-4-5-14(10-12(11)2)17(20)19(3)15-8-6-13(7-9-15)16(18)21/h4-10H,1-3H3,(H2,18,21). The quantitative estimate of drug-likeness (QED) is 0.885. The second kappa shape index (κ2) is 6.06. The summed E-state index contributed by atoms with van der Waals surface area (Å²) in [6.45, 7) is 4.03. The molecule has 2 aromatic carbocycles. The zero-order chi connectivity index (χ0) is 15.6. The number of hydrogen-bond acceptors (Lipinski definition) is 2. The molecule has 0 atom stereocenters. The molecule has 0 radical (unpaired) electrons. The summed E-state index contributed by atoms with van der Waals surface area (Å²) in [5, 5.41) is 0. The second-order valence-corrected chi connectivity index (χ2v) is 5.51. The smallest absolute Gasteiger partial charge is 0.258 e. The van der Waals surface area contributed by atoms with Gasteiger partial charge >= 0.3 is 0 Å². The lowest BCUT2D eigenvalue weighted by Crippen LogP contribution is -2.26. The van der Waals surface area contributed by atoms with E-state index >= 15 is 0 Å². The van der Waals surface area contributed by atoms with Crippen LogP contribution in [-0.2, 0) is 0 Å². The number of hydrogen-bond donors (Lipinski definition) is 1. The molecule has 0 aliphatic carbocycles. The average Bonchev–Trinajstić information content (AvgIpc) is 2.48. The summed E-state index contributed by atoms with van der Waals surface area (Å²) in [6, 6.07) is 13.1. The molecule has 0 spiro atoms. The van der Waals surface area contributed by atoms with Gasteiger partial charge in [-0.2, -0.15) is 0 Å². The Morgan fingerprint density at radius 3 is 2.10 bits per heavy atom. The molecule has 21 heavy (non-hydrogen) atoms. The van der Waals surface area contributed by atoms with Crippen LogP contribution >= 0.6 is 12.2 Å². The van der Waals surface area contributed by atoms with E-state index in [2.05, 4.69) is 0 Å². The predicted molar refractivity (Wildman–Crippen MR) is 91.0 cm³/mol. The molecule has 4 heteroatoms. The number of thiocarbonyl (C=S) groups is 1. The van der Waals surface area contributed by atoms with Gasteiger partial charge in [-0.05, 0) is 61.4 Å². The minimum Gasteiger partial charge on any atom is -0.389 e. The highest BCUT2D eigenvalue weighted by Gasteiger charge is 2.14. The maximum Gasteiger partial charge on any atom is 0.258 e. The summed E-state index contributed by atoms with van der Waals surface area (Å²) < 4.78 is 0. The molecular weight excluding hydrogens is 280 g/mol. The fourth-order valence-corrected chi connectivity index (χ4v) is 2.17. The van der Waals surface area contributed by atoms with E-state index in [4.69, 9.17) is 18.0 Å². The van der Waals surface area contributed by atoms with Crippen molar-refractivity contribution in [2.24, 2.45) is 5.73 Å². The number of carbonyl (C=O) groups excluding carboxylic acids is 1. The van der Waals surface area contributed by atoms with Gasteiger partial charge in [0.2, 0.25) is 0 Å². The van der Waals surface area contributed by atoms with E-state index < -0.39 is 0 Å². The number of nitrogens with zero attached hydrogens (tertiary/aromatic N) is 1. The molecule has 2 aromatic rings. The van der Waals surface area contributed by atoms with Crippen LogP contribution in [0.25, 0.3) is 0 Å². The van der Waals surface area contributed by atoms with Crippen LogP contribution in [0.2, 0.25) is 0 Å². The highest BCUT2D eigenvalue weighted by molar-refractivity contribution is 7.80. The zero-order valence-electron chi connectivity index (χ0n) is 12.4. The van der Waals surface area contributed by atoms with Crippen molar-refractivity contribution in [1.82, 2.24) is 0 Å². The van der Waals surface area contributed by atoms with E-state index in [0.29, 0.717) is 10.6 Å². The van der Waals surface area contributed by atoms with Crippen LogP contribution in [-0.4, -0.2) is 17.9 Å². The number of nitrogens with two attached hydrogens (primary N) is 1. The third-order valence-corrected chi connectivity index (χ3v) is 3.83. The molecule has 0 fully saturated rings. The average molecular weight is 298 g/mol. The highest BCUT2D eigenvalue weighted by atomic mass is 32.1. The van der Waals surface area contributed by atoms with Crippen molar-refractivity contribution in [2.45, 2.75) is 13.8 Å². The summed E-state index contributed by atoms with van der Waals surface area (Å²) in [5.41, 5.74) is 10.1. The summed E-state index contributed by atoms with van der Waals surface area (Å²) >= 11 is 4.92. The van der Waals surface area contributed by atoms with E-state index in [-0.39, 0.29) is 5.91 Å². The fraction of sp³-hybridized carbons (Fsp3) is 0.176. The van der Waals surface area contributed by atoms with Gasteiger partial charge in [-0.3, -0.25) is 4.79 Å². The van der Waals surface area contributed by atoms with E-state index in [1.54, 1.807) is 11.9 Å². The number of carbonyl (C=O) groups is 1. The molecule has 0 aliphatic heterocycles. The third-order valence-electron chi connectivity index (χ3n) is 3.60.